The van der Waals surface area contributed by atoms with Crippen molar-refractivity contribution in [2.45, 2.75) is 32.9 Å². The average Bonchev–Trinajstić information content (AvgIpc) is 2.52. The van der Waals surface area contributed by atoms with E-state index < -0.39 is 0 Å². The van der Waals surface area contributed by atoms with Gasteiger partial charge in [-0.15, -0.1) is 0 Å². The Hall–Kier alpha value is -1.64. The van der Waals surface area contributed by atoms with Crippen molar-refractivity contribution in [3.05, 3.63) is 70.8 Å². The van der Waals surface area contributed by atoms with Crippen LogP contribution in [0.5, 0.6) is 0 Å². The van der Waals surface area contributed by atoms with Gasteiger partial charge in [0.25, 0.3) is 0 Å². The molecule has 1 heterocycles. The molecule has 0 unspecified atom stereocenters. The first-order valence-electron chi connectivity index (χ1n) is 8.26. The number of rotatable bonds is 4. The number of aryl methyl sites for hydroxylation is 2. The third-order valence-electron chi connectivity index (χ3n) is 4.64. The summed E-state index contributed by atoms with van der Waals surface area (Å²) >= 11 is 0. The maximum atomic E-state index is 3.68. The van der Waals surface area contributed by atoms with E-state index in [-0.39, 0.29) is 0 Å². The Kier molecular flexibility index (Phi) is 4.91. The van der Waals surface area contributed by atoms with Crippen LogP contribution in [0.4, 0.5) is 0 Å². The molecule has 0 saturated carbocycles. The van der Waals surface area contributed by atoms with Crippen molar-refractivity contribution in [1.29, 1.82) is 0 Å². The zero-order valence-electron chi connectivity index (χ0n) is 13.7. The van der Waals surface area contributed by atoms with Crippen LogP contribution in [0.25, 0.3) is 0 Å². The summed E-state index contributed by atoms with van der Waals surface area (Å²) in [7, 11) is 0. The van der Waals surface area contributed by atoms with Crippen LogP contribution in [0.1, 0.15) is 22.3 Å². The Morgan fingerprint density at radius 2 is 1.82 bits per heavy atom. The molecule has 2 aromatic rings. The van der Waals surface area contributed by atoms with E-state index in [0.29, 0.717) is 6.04 Å². The molecule has 0 radical (unpaired) electrons. The fourth-order valence-electron chi connectivity index (χ4n) is 3.23. The van der Waals surface area contributed by atoms with Gasteiger partial charge in [-0.1, -0.05) is 48.5 Å². The highest BCUT2D eigenvalue weighted by molar-refractivity contribution is 5.30. The fourth-order valence-corrected chi connectivity index (χ4v) is 3.23. The lowest BCUT2D eigenvalue weighted by Crippen LogP contribution is -2.51. The first-order chi connectivity index (χ1) is 10.7. The molecule has 2 aromatic carbocycles. The molecule has 3 rings (SSSR count). The topological polar surface area (TPSA) is 15.3 Å². The summed E-state index contributed by atoms with van der Waals surface area (Å²) in [6.45, 7) is 8.79. The molecule has 0 bridgehead atoms. The van der Waals surface area contributed by atoms with Gasteiger partial charge < -0.3 is 5.32 Å². The molecule has 1 aliphatic heterocycles. The second-order valence-corrected chi connectivity index (χ2v) is 6.49. The molecule has 0 aliphatic carbocycles. The molecule has 0 aromatic heterocycles. The largest absolute Gasteiger partial charge is 0.311 e. The molecule has 1 atom stereocenters. The van der Waals surface area contributed by atoms with E-state index >= 15 is 0 Å². The first-order valence-corrected chi connectivity index (χ1v) is 8.26. The zero-order valence-corrected chi connectivity index (χ0v) is 13.7. The Morgan fingerprint density at radius 1 is 1.00 bits per heavy atom. The molecular formula is C20H26N2. The van der Waals surface area contributed by atoms with E-state index in [2.05, 4.69) is 72.6 Å². The van der Waals surface area contributed by atoms with E-state index in [9.17, 15) is 0 Å². The van der Waals surface area contributed by atoms with Gasteiger partial charge in [0.2, 0.25) is 0 Å². The summed E-state index contributed by atoms with van der Waals surface area (Å²) in [6.07, 6.45) is 1.12. The van der Waals surface area contributed by atoms with E-state index in [0.717, 1.165) is 32.6 Å². The standard InChI is InChI=1S/C20H26N2/c1-16-8-9-19(12-17(16)2)13-20-15-22(11-10-21-20)14-18-6-4-3-5-7-18/h3-9,12,20-21H,10-11,13-15H2,1-2H3/t20-/m0/s1. The summed E-state index contributed by atoms with van der Waals surface area (Å²) in [5.74, 6) is 0. The van der Waals surface area contributed by atoms with Crippen LogP contribution in [0, 0.1) is 13.8 Å². The maximum Gasteiger partial charge on any atom is 0.0236 e. The number of nitrogens with zero attached hydrogens (tertiary/aromatic N) is 1. The van der Waals surface area contributed by atoms with Crippen molar-refractivity contribution in [3.8, 4) is 0 Å². The van der Waals surface area contributed by atoms with E-state index in [1.165, 1.54) is 22.3 Å². The van der Waals surface area contributed by atoms with Gasteiger partial charge in [-0.3, -0.25) is 4.90 Å². The maximum absolute atomic E-state index is 3.68. The molecule has 116 valence electrons. The van der Waals surface area contributed by atoms with Crippen molar-refractivity contribution in [3.63, 3.8) is 0 Å². The molecule has 0 amide bonds. The van der Waals surface area contributed by atoms with Crippen LogP contribution in [0.3, 0.4) is 0 Å². The van der Waals surface area contributed by atoms with E-state index in [1.807, 2.05) is 0 Å². The minimum Gasteiger partial charge on any atom is -0.311 e. The summed E-state index contributed by atoms with van der Waals surface area (Å²) < 4.78 is 0. The summed E-state index contributed by atoms with van der Waals surface area (Å²) in [5.41, 5.74) is 5.64. The number of benzene rings is 2. The van der Waals surface area contributed by atoms with Crippen LogP contribution in [-0.2, 0) is 13.0 Å². The number of nitrogens with one attached hydrogen (secondary N) is 1. The van der Waals surface area contributed by atoms with Crippen LogP contribution >= 0.6 is 0 Å². The lowest BCUT2D eigenvalue weighted by molar-refractivity contribution is 0.192. The minimum absolute atomic E-state index is 0.555. The van der Waals surface area contributed by atoms with E-state index in [1.54, 1.807) is 0 Å². The van der Waals surface area contributed by atoms with Crippen molar-refractivity contribution in [1.82, 2.24) is 10.2 Å². The smallest absolute Gasteiger partial charge is 0.0236 e. The highest BCUT2D eigenvalue weighted by Gasteiger charge is 2.19. The van der Waals surface area contributed by atoms with Crippen molar-refractivity contribution in [2.24, 2.45) is 0 Å². The molecule has 1 fully saturated rings. The Morgan fingerprint density at radius 3 is 2.59 bits per heavy atom. The van der Waals surface area contributed by atoms with Crippen molar-refractivity contribution < 1.29 is 0 Å². The quantitative estimate of drug-likeness (QED) is 0.930. The van der Waals surface area contributed by atoms with Gasteiger partial charge in [0.15, 0.2) is 0 Å². The van der Waals surface area contributed by atoms with Gasteiger partial charge in [0.05, 0.1) is 0 Å². The first kappa shape index (κ1) is 15.3. The second-order valence-electron chi connectivity index (χ2n) is 6.49. The van der Waals surface area contributed by atoms with Gasteiger partial charge >= 0.3 is 0 Å². The van der Waals surface area contributed by atoms with Gasteiger partial charge in [-0.05, 0) is 42.5 Å². The number of piperazine rings is 1. The molecule has 1 aliphatic rings. The molecule has 22 heavy (non-hydrogen) atoms. The Balaban J connectivity index is 1.59. The minimum atomic E-state index is 0.555. The molecule has 1 saturated heterocycles. The van der Waals surface area contributed by atoms with Gasteiger partial charge in [-0.2, -0.15) is 0 Å². The van der Waals surface area contributed by atoms with Crippen molar-refractivity contribution >= 4 is 0 Å². The number of hydrogen-bond acceptors (Lipinski definition) is 2. The third kappa shape index (κ3) is 3.96. The zero-order chi connectivity index (χ0) is 15.4. The summed E-state index contributed by atoms with van der Waals surface area (Å²) in [6, 6.07) is 18.2. The molecule has 0 spiro atoms. The van der Waals surface area contributed by atoms with Gasteiger partial charge in [-0.25, -0.2) is 0 Å². The van der Waals surface area contributed by atoms with Crippen LogP contribution in [0.2, 0.25) is 0 Å². The van der Waals surface area contributed by atoms with Gasteiger partial charge in [0, 0.05) is 32.2 Å². The van der Waals surface area contributed by atoms with Crippen LogP contribution < -0.4 is 5.32 Å². The normalized spacial score (nSPS) is 19.3. The molecule has 2 heteroatoms. The summed E-state index contributed by atoms with van der Waals surface area (Å²) in [5, 5.41) is 3.68. The van der Waals surface area contributed by atoms with Crippen molar-refractivity contribution in [2.75, 3.05) is 19.6 Å². The molecule has 1 N–H and O–H groups in total. The number of hydrogen-bond donors (Lipinski definition) is 1. The lowest BCUT2D eigenvalue weighted by atomic mass is 9.99. The SMILES string of the molecule is Cc1ccc(C[C@H]2CN(Cc3ccccc3)CCN2)cc1C. The Labute approximate surface area is 134 Å². The highest BCUT2D eigenvalue weighted by atomic mass is 15.2. The molecular weight excluding hydrogens is 268 g/mol. The fraction of sp³-hybridized carbons (Fsp3) is 0.400. The van der Waals surface area contributed by atoms with Crippen LogP contribution in [-0.4, -0.2) is 30.6 Å². The predicted molar refractivity (Wildman–Crippen MR) is 93.1 cm³/mol. The summed E-state index contributed by atoms with van der Waals surface area (Å²) in [4.78, 5) is 2.57. The highest BCUT2D eigenvalue weighted by Crippen LogP contribution is 2.14. The second kappa shape index (κ2) is 7.08. The third-order valence-corrected chi connectivity index (χ3v) is 4.64. The molecule has 2 nitrogen and oxygen atoms in total. The monoisotopic (exact) mass is 294 g/mol. The van der Waals surface area contributed by atoms with E-state index in [4.69, 9.17) is 0 Å². The van der Waals surface area contributed by atoms with Crippen LogP contribution in [0.15, 0.2) is 48.5 Å². The van der Waals surface area contributed by atoms with Gasteiger partial charge in [0.1, 0.15) is 0 Å². The lowest BCUT2D eigenvalue weighted by Gasteiger charge is -2.34. The average molecular weight is 294 g/mol. The Bertz CT molecular complexity index is 606. The predicted octanol–water partition coefficient (Wildman–Crippen LogP) is 3.32.